The van der Waals surface area contributed by atoms with Crippen LogP contribution in [0.15, 0.2) is 42.5 Å². The summed E-state index contributed by atoms with van der Waals surface area (Å²) in [6.07, 6.45) is 1.69. The Morgan fingerprint density at radius 3 is 2.16 bits per heavy atom. The van der Waals surface area contributed by atoms with E-state index >= 15 is 0 Å². The van der Waals surface area contributed by atoms with Gasteiger partial charge in [0.25, 0.3) is 5.91 Å². The van der Waals surface area contributed by atoms with Crippen molar-refractivity contribution in [1.82, 2.24) is 10.2 Å². The molecule has 31 heavy (non-hydrogen) atoms. The van der Waals surface area contributed by atoms with Crippen LogP contribution in [0.25, 0.3) is 11.3 Å². The Labute approximate surface area is 184 Å². The van der Waals surface area contributed by atoms with Crippen LogP contribution < -0.4 is 14.8 Å². The quantitative estimate of drug-likeness (QED) is 0.521. The van der Waals surface area contributed by atoms with Gasteiger partial charge in [-0.15, -0.1) is 0 Å². The van der Waals surface area contributed by atoms with Gasteiger partial charge < -0.3 is 14.8 Å². The maximum atomic E-state index is 13.3. The van der Waals surface area contributed by atoms with Gasteiger partial charge in [0.05, 0.1) is 25.6 Å². The first-order valence-electron chi connectivity index (χ1n) is 10.5. The summed E-state index contributed by atoms with van der Waals surface area (Å²) in [6, 6.07) is 13.6. The number of hydrogen-bond acceptors (Lipinski definition) is 4. The Morgan fingerprint density at radius 1 is 1.03 bits per heavy atom. The van der Waals surface area contributed by atoms with Crippen molar-refractivity contribution in [3.05, 3.63) is 59.3 Å². The molecule has 6 nitrogen and oxygen atoms in total. The summed E-state index contributed by atoms with van der Waals surface area (Å²) in [5, 5.41) is 10.7. The highest BCUT2D eigenvalue weighted by atomic mass is 16.5. The van der Waals surface area contributed by atoms with Crippen LogP contribution in [0.4, 0.5) is 5.69 Å². The fraction of sp³-hybridized carbons (Fsp3) is 0.360. The van der Waals surface area contributed by atoms with Crippen molar-refractivity contribution in [2.24, 2.45) is 0 Å². The van der Waals surface area contributed by atoms with E-state index in [4.69, 9.17) is 9.47 Å². The molecule has 0 aliphatic heterocycles. The van der Waals surface area contributed by atoms with Gasteiger partial charge in [-0.25, -0.2) is 0 Å². The van der Waals surface area contributed by atoms with Crippen LogP contribution in [0.2, 0.25) is 0 Å². The molecular weight excluding hydrogens is 390 g/mol. The number of nitrogens with zero attached hydrogens (tertiary/aromatic N) is 1. The summed E-state index contributed by atoms with van der Waals surface area (Å²) < 4.78 is 10.8. The lowest BCUT2D eigenvalue weighted by Gasteiger charge is -2.19. The maximum absolute atomic E-state index is 13.3. The number of ether oxygens (including phenoxy) is 2. The van der Waals surface area contributed by atoms with Crippen molar-refractivity contribution in [3.8, 4) is 22.8 Å². The van der Waals surface area contributed by atoms with E-state index in [1.165, 1.54) is 19.8 Å². The van der Waals surface area contributed by atoms with Crippen molar-refractivity contribution in [1.29, 1.82) is 0 Å². The molecule has 0 saturated carbocycles. The Balaban J connectivity index is 2.02. The summed E-state index contributed by atoms with van der Waals surface area (Å²) in [6.45, 7) is 8.64. The highest BCUT2D eigenvalue weighted by Crippen LogP contribution is 2.34. The number of methoxy groups -OCH3 is 2. The molecule has 0 bridgehead atoms. The number of nitrogens with one attached hydrogen (secondary N) is 2. The molecule has 3 rings (SSSR count). The second kappa shape index (κ2) is 9.25. The van der Waals surface area contributed by atoms with Gasteiger partial charge in [-0.3, -0.25) is 9.89 Å². The minimum absolute atomic E-state index is 0.0644. The minimum atomic E-state index is -0.305. The van der Waals surface area contributed by atoms with E-state index in [0.717, 1.165) is 24.1 Å². The lowest BCUT2D eigenvalue weighted by Crippen LogP contribution is -2.16. The Morgan fingerprint density at radius 2 is 1.65 bits per heavy atom. The van der Waals surface area contributed by atoms with Crippen LogP contribution in [-0.4, -0.2) is 30.3 Å². The molecule has 0 unspecified atom stereocenters. The van der Waals surface area contributed by atoms with E-state index in [2.05, 4.69) is 55.3 Å². The van der Waals surface area contributed by atoms with Crippen molar-refractivity contribution in [3.63, 3.8) is 0 Å². The number of rotatable bonds is 7. The average molecular weight is 422 g/mol. The van der Waals surface area contributed by atoms with Gasteiger partial charge in [0, 0.05) is 5.56 Å². The number of benzene rings is 2. The third-order valence-corrected chi connectivity index (χ3v) is 5.26. The molecule has 164 valence electrons. The predicted molar refractivity (Wildman–Crippen MR) is 124 cm³/mol. The molecule has 2 aromatic carbocycles. The molecule has 0 aliphatic rings. The fourth-order valence-corrected chi connectivity index (χ4v) is 3.53. The molecule has 0 spiro atoms. The van der Waals surface area contributed by atoms with E-state index in [9.17, 15) is 4.79 Å². The summed E-state index contributed by atoms with van der Waals surface area (Å²) >= 11 is 0. The van der Waals surface area contributed by atoms with E-state index in [0.29, 0.717) is 28.4 Å². The first-order chi connectivity index (χ1) is 14.8. The van der Waals surface area contributed by atoms with Gasteiger partial charge >= 0.3 is 0 Å². The van der Waals surface area contributed by atoms with Crippen LogP contribution >= 0.6 is 0 Å². The number of aromatic amines is 1. The SMILES string of the molecule is CCCc1[nH]nc(-c2ccc(C(C)(C)C)cc2)c1NC(=O)c1c(OC)cccc1OC. The van der Waals surface area contributed by atoms with Gasteiger partial charge in [0.15, 0.2) is 0 Å². The zero-order valence-electron chi connectivity index (χ0n) is 19.1. The predicted octanol–water partition coefficient (Wildman–Crippen LogP) is 5.60. The number of hydrogen-bond donors (Lipinski definition) is 2. The third kappa shape index (κ3) is 4.74. The zero-order chi connectivity index (χ0) is 22.6. The second-order valence-corrected chi connectivity index (χ2v) is 8.49. The summed E-state index contributed by atoms with van der Waals surface area (Å²) in [4.78, 5) is 13.3. The van der Waals surface area contributed by atoms with Gasteiger partial charge in [0.2, 0.25) is 0 Å². The normalized spacial score (nSPS) is 11.3. The first kappa shape index (κ1) is 22.4. The number of carbonyl (C=O) groups is 1. The van der Waals surface area contributed by atoms with Crippen molar-refractivity contribution in [2.45, 2.75) is 46.0 Å². The Bertz CT molecular complexity index is 1020. The van der Waals surface area contributed by atoms with Crippen molar-refractivity contribution in [2.75, 3.05) is 19.5 Å². The van der Waals surface area contributed by atoms with Crippen molar-refractivity contribution < 1.29 is 14.3 Å². The number of amides is 1. The molecule has 0 radical (unpaired) electrons. The summed E-state index contributed by atoms with van der Waals surface area (Å²) in [7, 11) is 3.07. The van der Waals surface area contributed by atoms with E-state index in [-0.39, 0.29) is 11.3 Å². The number of aryl methyl sites for hydroxylation is 1. The highest BCUT2D eigenvalue weighted by molar-refractivity contribution is 6.10. The molecule has 1 heterocycles. The molecule has 2 N–H and O–H groups in total. The van der Waals surface area contributed by atoms with Gasteiger partial charge in [-0.1, -0.05) is 64.4 Å². The lowest BCUT2D eigenvalue weighted by atomic mass is 9.86. The zero-order valence-corrected chi connectivity index (χ0v) is 19.1. The van der Waals surface area contributed by atoms with Crippen molar-refractivity contribution >= 4 is 11.6 Å². The maximum Gasteiger partial charge on any atom is 0.263 e. The molecule has 0 aliphatic carbocycles. The highest BCUT2D eigenvalue weighted by Gasteiger charge is 2.23. The molecule has 0 atom stereocenters. The molecule has 1 amide bonds. The summed E-state index contributed by atoms with van der Waals surface area (Å²) in [5.74, 6) is 0.600. The second-order valence-electron chi connectivity index (χ2n) is 8.49. The van der Waals surface area contributed by atoms with Gasteiger partial charge in [-0.05, 0) is 29.5 Å². The van der Waals surface area contributed by atoms with E-state index < -0.39 is 0 Å². The van der Waals surface area contributed by atoms with Crippen LogP contribution in [-0.2, 0) is 11.8 Å². The largest absolute Gasteiger partial charge is 0.496 e. The number of carbonyl (C=O) groups excluding carboxylic acids is 1. The van der Waals surface area contributed by atoms with Crippen LogP contribution in [0.5, 0.6) is 11.5 Å². The standard InChI is InChI=1S/C25H31N3O3/c1-7-9-18-23(26-24(29)21-19(30-5)10-8-11-20(21)31-6)22(28-27-18)16-12-14-17(15-13-16)25(2,3)4/h8,10-15H,7,9H2,1-6H3,(H,26,29)(H,27,28). The topological polar surface area (TPSA) is 76.2 Å². The molecule has 1 aromatic heterocycles. The lowest BCUT2D eigenvalue weighted by molar-refractivity contribution is 0.102. The molecule has 6 heteroatoms. The van der Waals surface area contributed by atoms with Crippen LogP contribution in [0, 0.1) is 0 Å². The number of aromatic nitrogens is 2. The number of anilines is 1. The fourth-order valence-electron chi connectivity index (χ4n) is 3.53. The molecule has 0 saturated heterocycles. The van der Waals surface area contributed by atoms with Gasteiger partial charge in [-0.2, -0.15) is 5.10 Å². The summed E-state index contributed by atoms with van der Waals surface area (Å²) in [5.41, 5.74) is 4.88. The third-order valence-electron chi connectivity index (χ3n) is 5.26. The molecule has 3 aromatic rings. The smallest absolute Gasteiger partial charge is 0.263 e. The Hall–Kier alpha value is -3.28. The minimum Gasteiger partial charge on any atom is -0.496 e. The van der Waals surface area contributed by atoms with E-state index in [1.807, 2.05) is 12.1 Å². The van der Waals surface area contributed by atoms with E-state index in [1.54, 1.807) is 18.2 Å². The Kier molecular flexibility index (Phi) is 6.68. The number of H-pyrrole nitrogens is 1. The monoisotopic (exact) mass is 421 g/mol. The molecular formula is C25H31N3O3. The van der Waals surface area contributed by atoms with Crippen LogP contribution in [0.3, 0.4) is 0 Å². The van der Waals surface area contributed by atoms with Gasteiger partial charge in [0.1, 0.15) is 22.8 Å². The molecule has 0 fully saturated rings. The first-order valence-corrected chi connectivity index (χ1v) is 10.5. The van der Waals surface area contributed by atoms with Crippen LogP contribution in [0.1, 0.15) is 55.7 Å². The average Bonchev–Trinajstić information content (AvgIpc) is 3.14.